The Labute approximate surface area is 126 Å². The van der Waals surface area contributed by atoms with Crippen LogP contribution in [0.5, 0.6) is 11.6 Å². The molecule has 0 aliphatic rings. The van der Waals surface area contributed by atoms with Crippen LogP contribution in [-0.2, 0) is 0 Å². The average molecular weight is 313 g/mol. The zero-order chi connectivity index (χ0) is 14.0. The Morgan fingerprint density at radius 3 is 2.42 bits per heavy atom. The number of hydrogen-bond donors (Lipinski definition) is 1. The second kappa shape index (κ2) is 5.74. The normalized spacial score (nSPS) is 10.3. The van der Waals surface area contributed by atoms with Gasteiger partial charge in [-0.05, 0) is 37.3 Å². The number of aryl methyl sites for hydroxylation is 1. The predicted octanol–water partition coefficient (Wildman–Crippen LogP) is 4.12. The van der Waals surface area contributed by atoms with E-state index in [9.17, 15) is 0 Å². The number of pyridine rings is 1. The third-order valence-corrected chi connectivity index (χ3v) is 2.97. The maximum absolute atomic E-state index is 5.91. The number of nitrogens with two attached hydrogens (primary N) is 1. The summed E-state index contributed by atoms with van der Waals surface area (Å²) >= 11 is 16.8. The van der Waals surface area contributed by atoms with Gasteiger partial charge in [-0.2, -0.15) is 0 Å². The van der Waals surface area contributed by atoms with E-state index >= 15 is 0 Å². The highest BCUT2D eigenvalue weighted by Crippen LogP contribution is 2.29. The van der Waals surface area contributed by atoms with E-state index in [4.69, 9.17) is 45.9 Å². The Balaban J connectivity index is 2.42. The molecule has 2 N–H and O–H groups in total. The van der Waals surface area contributed by atoms with Gasteiger partial charge in [-0.15, -0.1) is 0 Å². The lowest BCUT2D eigenvalue weighted by Crippen LogP contribution is -2.12. The van der Waals surface area contributed by atoms with Crippen LogP contribution >= 0.6 is 35.4 Å². The molecule has 0 saturated heterocycles. The number of benzene rings is 1. The van der Waals surface area contributed by atoms with Gasteiger partial charge in [0, 0.05) is 15.7 Å². The molecule has 1 aromatic heterocycles. The van der Waals surface area contributed by atoms with E-state index in [1.165, 1.54) is 0 Å². The highest BCUT2D eigenvalue weighted by Gasteiger charge is 2.10. The van der Waals surface area contributed by atoms with Crippen LogP contribution in [0.2, 0.25) is 10.0 Å². The molecule has 0 fully saturated rings. The average Bonchev–Trinajstić information content (AvgIpc) is 2.26. The summed E-state index contributed by atoms with van der Waals surface area (Å²) in [5, 5.41) is 0.957. The van der Waals surface area contributed by atoms with Crippen molar-refractivity contribution < 1.29 is 4.74 Å². The number of hydrogen-bond acceptors (Lipinski definition) is 3. The van der Waals surface area contributed by atoms with Gasteiger partial charge >= 0.3 is 0 Å². The van der Waals surface area contributed by atoms with Crippen LogP contribution in [0.4, 0.5) is 0 Å². The van der Waals surface area contributed by atoms with Crippen molar-refractivity contribution in [2.75, 3.05) is 0 Å². The fourth-order valence-electron chi connectivity index (χ4n) is 1.50. The summed E-state index contributed by atoms with van der Waals surface area (Å²) in [6.07, 6.45) is 0. The third-order valence-electron chi connectivity index (χ3n) is 2.32. The van der Waals surface area contributed by atoms with Gasteiger partial charge in [-0.1, -0.05) is 35.4 Å². The molecule has 0 spiro atoms. The van der Waals surface area contributed by atoms with Crippen molar-refractivity contribution in [2.24, 2.45) is 5.73 Å². The van der Waals surface area contributed by atoms with Crippen LogP contribution in [0.15, 0.2) is 30.3 Å². The van der Waals surface area contributed by atoms with Gasteiger partial charge in [0.15, 0.2) is 0 Å². The molecule has 19 heavy (non-hydrogen) atoms. The monoisotopic (exact) mass is 312 g/mol. The lowest BCUT2D eigenvalue weighted by Gasteiger charge is -2.10. The third kappa shape index (κ3) is 3.56. The van der Waals surface area contributed by atoms with E-state index in [-0.39, 0.29) is 4.99 Å². The maximum Gasteiger partial charge on any atom is 0.229 e. The number of nitrogens with zero attached hydrogens (tertiary/aromatic N) is 1. The highest BCUT2D eigenvalue weighted by molar-refractivity contribution is 7.80. The summed E-state index contributed by atoms with van der Waals surface area (Å²) in [4.78, 5) is 4.49. The summed E-state index contributed by atoms with van der Waals surface area (Å²) < 4.78 is 5.67. The quantitative estimate of drug-likeness (QED) is 0.866. The molecule has 0 radical (unpaired) electrons. The molecule has 0 saturated carbocycles. The second-order valence-electron chi connectivity index (χ2n) is 3.88. The van der Waals surface area contributed by atoms with Crippen molar-refractivity contribution in [3.63, 3.8) is 0 Å². The van der Waals surface area contributed by atoms with Crippen LogP contribution in [0.3, 0.4) is 0 Å². The van der Waals surface area contributed by atoms with Crippen LogP contribution in [0.25, 0.3) is 0 Å². The fourth-order valence-corrected chi connectivity index (χ4v) is 2.16. The summed E-state index contributed by atoms with van der Waals surface area (Å²) in [6.45, 7) is 1.85. The summed E-state index contributed by atoms with van der Waals surface area (Å²) in [6, 6.07) is 8.48. The maximum atomic E-state index is 5.91. The first-order chi connectivity index (χ1) is 8.95. The second-order valence-corrected chi connectivity index (χ2v) is 5.19. The van der Waals surface area contributed by atoms with Gasteiger partial charge in [0.05, 0.1) is 5.56 Å². The van der Waals surface area contributed by atoms with Gasteiger partial charge in [0.1, 0.15) is 10.7 Å². The Bertz CT molecular complexity index is 626. The van der Waals surface area contributed by atoms with Crippen molar-refractivity contribution in [1.82, 2.24) is 4.98 Å². The molecular formula is C13H10Cl2N2OS. The first-order valence-corrected chi connectivity index (χ1v) is 6.53. The number of aromatic nitrogens is 1. The summed E-state index contributed by atoms with van der Waals surface area (Å²) in [5.74, 6) is 0.818. The Kier molecular flexibility index (Phi) is 4.24. The van der Waals surface area contributed by atoms with Crippen molar-refractivity contribution >= 4 is 40.4 Å². The van der Waals surface area contributed by atoms with E-state index in [2.05, 4.69) is 4.98 Å². The van der Waals surface area contributed by atoms with E-state index in [0.717, 1.165) is 5.69 Å². The molecule has 98 valence electrons. The van der Waals surface area contributed by atoms with Crippen molar-refractivity contribution in [2.45, 2.75) is 6.92 Å². The lowest BCUT2D eigenvalue weighted by atomic mass is 10.2. The minimum absolute atomic E-state index is 0.218. The molecule has 1 heterocycles. The molecule has 0 amide bonds. The largest absolute Gasteiger partial charge is 0.438 e. The molecule has 0 unspecified atom stereocenters. The zero-order valence-corrected chi connectivity index (χ0v) is 12.3. The van der Waals surface area contributed by atoms with Crippen LogP contribution in [0.1, 0.15) is 11.3 Å². The van der Waals surface area contributed by atoms with E-state index in [1.54, 1.807) is 24.3 Å². The fraction of sp³-hybridized carbons (Fsp3) is 0.0769. The first kappa shape index (κ1) is 14.1. The van der Waals surface area contributed by atoms with Crippen LogP contribution in [0, 0.1) is 6.92 Å². The van der Waals surface area contributed by atoms with Crippen molar-refractivity contribution in [3.8, 4) is 11.6 Å². The molecular weight excluding hydrogens is 303 g/mol. The molecule has 0 aliphatic carbocycles. The minimum Gasteiger partial charge on any atom is -0.438 e. The molecule has 0 bridgehead atoms. The smallest absolute Gasteiger partial charge is 0.229 e. The first-order valence-electron chi connectivity index (χ1n) is 5.37. The Morgan fingerprint density at radius 1 is 1.21 bits per heavy atom. The number of halogens is 2. The molecule has 6 heteroatoms. The number of thiocarbonyl (C=S) groups is 1. The molecule has 0 atom stereocenters. The standard InChI is InChI=1S/C13H10Cl2N2OS/c1-7-2-3-11(12(16)19)13(17-7)18-10-5-8(14)4-9(15)6-10/h2-6H,1H3,(H2,16,19). The Hall–Kier alpha value is -1.36. The number of ether oxygens (including phenoxy) is 1. The molecule has 2 rings (SSSR count). The molecule has 2 aromatic rings. The van der Waals surface area contributed by atoms with E-state index in [1.807, 2.05) is 13.0 Å². The van der Waals surface area contributed by atoms with Gasteiger partial charge in [0.2, 0.25) is 5.88 Å². The molecule has 1 aromatic carbocycles. The lowest BCUT2D eigenvalue weighted by molar-refractivity contribution is 0.461. The summed E-state index contributed by atoms with van der Waals surface area (Å²) in [7, 11) is 0. The van der Waals surface area contributed by atoms with Gasteiger partial charge in [-0.25, -0.2) is 4.98 Å². The minimum atomic E-state index is 0.218. The molecule has 3 nitrogen and oxygen atoms in total. The van der Waals surface area contributed by atoms with Crippen LogP contribution < -0.4 is 10.5 Å². The van der Waals surface area contributed by atoms with Gasteiger partial charge < -0.3 is 10.5 Å². The van der Waals surface area contributed by atoms with Crippen molar-refractivity contribution in [3.05, 3.63) is 51.6 Å². The SMILES string of the molecule is Cc1ccc(C(N)=S)c(Oc2cc(Cl)cc(Cl)c2)n1. The molecule has 0 aliphatic heterocycles. The summed E-state index contributed by atoms with van der Waals surface area (Å²) in [5.41, 5.74) is 7.00. The predicted molar refractivity (Wildman–Crippen MR) is 81.4 cm³/mol. The number of rotatable bonds is 3. The topological polar surface area (TPSA) is 48.1 Å². The van der Waals surface area contributed by atoms with Gasteiger partial charge in [-0.3, -0.25) is 0 Å². The van der Waals surface area contributed by atoms with E-state index < -0.39 is 0 Å². The van der Waals surface area contributed by atoms with Crippen LogP contribution in [-0.4, -0.2) is 9.97 Å². The van der Waals surface area contributed by atoms with E-state index in [0.29, 0.717) is 27.2 Å². The Morgan fingerprint density at radius 2 is 1.84 bits per heavy atom. The highest BCUT2D eigenvalue weighted by atomic mass is 35.5. The van der Waals surface area contributed by atoms with Crippen molar-refractivity contribution in [1.29, 1.82) is 0 Å². The van der Waals surface area contributed by atoms with Gasteiger partial charge in [0.25, 0.3) is 0 Å². The zero-order valence-electron chi connectivity index (χ0n) is 9.98.